The lowest BCUT2D eigenvalue weighted by atomic mass is 9.90. The van der Waals surface area contributed by atoms with Crippen LogP contribution in [-0.2, 0) is 6.54 Å². The van der Waals surface area contributed by atoms with Crippen molar-refractivity contribution in [2.45, 2.75) is 32.4 Å². The monoisotopic (exact) mass is 225 g/mol. The van der Waals surface area contributed by atoms with Gasteiger partial charge in [0.25, 0.3) is 0 Å². The fraction of sp³-hybridized carbons (Fsp3) is 0.600. The average molecular weight is 225 g/mol. The smallest absolute Gasteiger partial charge is 0.423 e. The molecule has 0 bridgehead atoms. The maximum atomic E-state index is 9.00. The number of hydrogen-bond donors (Lipinski definition) is 2. The van der Waals surface area contributed by atoms with E-state index in [0.717, 1.165) is 13.1 Å². The minimum Gasteiger partial charge on any atom is -0.423 e. The minimum absolute atomic E-state index is 0.636. The number of hydrogen-bond acceptors (Lipinski definition) is 4. The van der Waals surface area contributed by atoms with Crippen LogP contribution in [0, 0.1) is 0 Å². The molecule has 2 N–H and O–H groups in total. The molecular formula is C10H16BNO2S. The lowest BCUT2D eigenvalue weighted by Crippen LogP contribution is -2.27. The molecule has 0 saturated carbocycles. The molecule has 1 fully saturated rings. The Hall–Kier alpha value is -0.355. The van der Waals surface area contributed by atoms with Gasteiger partial charge in [-0.05, 0) is 32.4 Å². The normalized spacial score (nSPS) is 22.2. The van der Waals surface area contributed by atoms with Crippen LogP contribution in [-0.4, -0.2) is 34.7 Å². The molecule has 1 aromatic heterocycles. The second kappa shape index (κ2) is 4.66. The molecule has 2 rings (SSSR count). The predicted molar refractivity (Wildman–Crippen MR) is 63.3 cm³/mol. The van der Waals surface area contributed by atoms with Crippen LogP contribution in [0.15, 0.2) is 12.1 Å². The van der Waals surface area contributed by atoms with Crippen LogP contribution < -0.4 is 4.78 Å². The fourth-order valence-corrected chi connectivity index (χ4v) is 2.96. The quantitative estimate of drug-likeness (QED) is 0.732. The van der Waals surface area contributed by atoms with Crippen molar-refractivity contribution in [2.75, 3.05) is 6.54 Å². The van der Waals surface area contributed by atoms with Crippen LogP contribution in [0.3, 0.4) is 0 Å². The molecule has 1 atom stereocenters. The standard InChI is InChI=1S/C10H16BNO2S/c1-8-3-2-6-12(8)7-9-4-5-10(15-9)11(13)14/h4-5,8,13-14H,2-3,6-7H2,1H3. The molecule has 0 radical (unpaired) electrons. The highest BCUT2D eigenvalue weighted by atomic mass is 32.1. The van der Waals surface area contributed by atoms with E-state index in [-0.39, 0.29) is 0 Å². The number of likely N-dealkylation sites (tertiary alicyclic amines) is 1. The molecule has 1 saturated heterocycles. The zero-order chi connectivity index (χ0) is 10.8. The SMILES string of the molecule is CC1CCCN1Cc1ccc(B(O)O)s1. The van der Waals surface area contributed by atoms with E-state index < -0.39 is 7.12 Å². The summed E-state index contributed by atoms with van der Waals surface area (Å²) in [5.41, 5.74) is 0. The maximum Gasteiger partial charge on any atom is 0.499 e. The topological polar surface area (TPSA) is 43.7 Å². The Labute approximate surface area is 94.5 Å². The summed E-state index contributed by atoms with van der Waals surface area (Å²) in [7, 11) is -1.32. The van der Waals surface area contributed by atoms with Crippen LogP contribution in [0.2, 0.25) is 0 Å². The van der Waals surface area contributed by atoms with Gasteiger partial charge in [0, 0.05) is 22.2 Å². The van der Waals surface area contributed by atoms with Gasteiger partial charge in [-0.3, -0.25) is 4.90 Å². The lowest BCUT2D eigenvalue weighted by molar-refractivity contribution is 0.262. The summed E-state index contributed by atoms with van der Waals surface area (Å²) in [5.74, 6) is 0. The van der Waals surface area contributed by atoms with Crippen molar-refractivity contribution in [3.63, 3.8) is 0 Å². The summed E-state index contributed by atoms with van der Waals surface area (Å²) in [4.78, 5) is 3.66. The van der Waals surface area contributed by atoms with Crippen molar-refractivity contribution in [2.24, 2.45) is 0 Å². The van der Waals surface area contributed by atoms with Crippen LogP contribution in [0.4, 0.5) is 0 Å². The first-order valence-corrected chi connectivity index (χ1v) is 6.17. The van der Waals surface area contributed by atoms with Crippen LogP contribution in [0.5, 0.6) is 0 Å². The zero-order valence-electron chi connectivity index (χ0n) is 8.89. The van der Waals surface area contributed by atoms with E-state index in [1.807, 2.05) is 6.07 Å². The van der Waals surface area contributed by atoms with E-state index in [1.54, 1.807) is 6.07 Å². The molecule has 15 heavy (non-hydrogen) atoms. The Bertz CT molecular complexity index is 329. The van der Waals surface area contributed by atoms with Crippen LogP contribution >= 0.6 is 11.3 Å². The van der Waals surface area contributed by atoms with Gasteiger partial charge in [-0.1, -0.05) is 6.07 Å². The van der Waals surface area contributed by atoms with Gasteiger partial charge < -0.3 is 10.0 Å². The van der Waals surface area contributed by atoms with Crippen molar-refractivity contribution in [1.29, 1.82) is 0 Å². The second-order valence-corrected chi connectivity index (χ2v) is 5.34. The molecule has 1 aromatic rings. The molecule has 0 aromatic carbocycles. The van der Waals surface area contributed by atoms with E-state index in [2.05, 4.69) is 11.8 Å². The average Bonchev–Trinajstić information content (AvgIpc) is 2.77. The van der Waals surface area contributed by atoms with Crippen molar-refractivity contribution in [1.82, 2.24) is 4.90 Å². The van der Waals surface area contributed by atoms with Crippen molar-refractivity contribution < 1.29 is 10.0 Å². The van der Waals surface area contributed by atoms with Crippen molar-refractivity contribution >= 4 is 23.2 Å². The van der Waals surface area contributed by atoms with Gasteiger partial charge in [-0.2, -0.15) is 0 Å². The Morgan fingerprint density at radius 3 is 2.87 bits per heavy atom. The first kappa shape index (κ1) is 11.1. The van der Waals surface area contributed by atoms with Gasteiger partial charge in [0.1, 0.15) is 0 Å². The van der Waals surface area contributed by atoms with E-state index in [9.17, 15) is 0 Å². The summed E-state index contributed by atoms with van der Waals surface area (Å²) < 4.78 is 0.636. The van der Waals surface area contributed by atoms with E-state index in [4.69, 9.17) is 10.0 Å². The summed E-state index contributed by atoms with van der Waals surface area (Å²) in [6, 6.07) is 4.45. The number of thiophene rings is 1. The van der Waals surface area contributed by atoms with E-state index in [0.29, 0.717) is 10.8 Å². The summed E-state index contributed by atoms with van der Waals surface area (Å²) in [6.07, 6.45) is 2.56. The van der Waals surface area contributed by atoms with Gasteiger partial charge in [0.2, 0.25) is 0 Å². The number of nitrogens with zero attached hydrogens (tertiary/aromatic N) is 1. The minimum atomic E-state index is -1.32. The summed E-state index contributed by atoms with van der Waals surface area (Å²) in [5, 5.41) is 18.0. The van der Waals surface area contributed by atoms with Gasteiger partial charge >= 0.3 is 7.12 Å². The van der Waals surface area contributed by atoms with Gasteiger partial charge in [-0.15, -0.1) is 11.3 Å². The van der Waals surface area contributed by atoms with Gasteiger partial charge in [0.05, 0.1) is 0 Å². The van der Waals surface area contributed by atoms with E-state index in [1.165, 1.54) is 29.1 Å². The van der Waals surface area contributed by atoms with Crippen LogP contribution in [0.25, 0.3) is 0 Å². The number of rotatable bonds is 3. The molecule has 0 aliphatic carbocycles. The Balaban J connectivity index is 1.98. The van der Waals surface area contributed by atoms with Gasteiger partial charge in [-0.25, -0.2) is 0 Å². The van der Waals surface area contributed by atoms with Gasteiger partial charge in [0.15, 0.2) is 0 Å². The highest BCUT2D eigenvalue weighted by molar-refractivity contribution is 7.22. The van der Waals surface area contributed by atoms with Crippen LogP contribution in [0.1, 0.15) is 24.6 Å². The first-order chi connectivity index (χ1) is 7.16. The molecule has 3 nitrogen and oxygen atoms in total. The largest absolute Gasteiger partial charge is 0.499 e. The third-order valence-electron chi connectivity index (χ3n) is 2.99. The molecule has 82 valence electrons. The highest BCUT2D eigenvalue weighted by Crippen LogP contribution is 2.20. The maximum absolute atomic E-state index is 9.00. The lowest BCUT2D eigenvalue weighted by Gasteiger charge is -2.19. The molecule has 1 unspecified atom stereocenters. The molecule has 5 heteroatoms. The molecule has 0 amide bonds. The third kappa shape index (κ3) is 2.61. The predicted octanol–water partition coefficient (Wildman–Crippen LogP) is 0.412. The summed E-state index contributed by atoms with van der Waals surface area (Å²) in [6.45, 7) is 4.36. The molecular weight excluding hydrogens is 209 g/mol. The zero-order valence-corrected chi connectivity index (χ0v) is 9.70. The van der Waals surface area contributed by atoms with E-state index >= 15 is 0 Å². The molecule has 1 aliphatic rings. The fourth-order valence-electron chi connectivity index (χ4n) is 2.05. The highest BCUT2D eigenvalue weighted by Gasteiger charge is 2.21. The molecule has 2 heterocycles. The molecule has 0 spiro atoms. The Kier molecular flexibility index (Phi) is 3.46. The van der Waals surface area contributed by atoms with Crippen molar-refractivity contribution in [3.8, 4) is 0 Å². The summed E-state index contributed by atoms with van der Waals surface area (Å²) >= 11 is 1.49. The Morgan fingerprint density at radius 1 is 1.53 bits per heavy atom. The second-order valence-electron chi connectivity index (χ2n) is 4.14. The molecule has 1 aliphatic heterocycles. The first-order valence-electron chi connectivity index (χ1n) is 5.35. The third-order valence-corrected chi connectivity index (χ3v) is 4.10. The van der Waals surface area contributed by atoms with Crippen molar-refractivity contribution in [3.05, 3.63) is 17.0 Å². The Morgan fingerprint density at radius 2 is 2.33 bits per heavy atom.